The normalized spacial score (nSPS) is 19.1. The highest BCUT2D eigenvalue weighted by molar-refractivity contribution is 6.28. The molecule has 2 aromatic rings. The maximum absolute atomic E-state index is 5.91. The summed E-state index contributed by atoms with van der Waals surface area (Å²) in [4.78, 5) is 14.8. The highest BCUT2D eigenvalue weighted by atomic mass is 35.5. The van der Waals surface area contributed by atoms with Gasteiger partial charge in [0.05, 0.1) is 0 Å². The van der Waals surface area contributed by atoms with Crippen LogP contribution in [0.15, 0.2) is 36.8 Å². The van der Waals surface area contributed by atoms with Crippen LogP contribution in [0.1, 0.15) is 24.8 Å². The molecule has 0 saturated carbocycles. The van der Waals surface area contributed by atoms with Crippen LogP contribution in [0.5, 0.6) is 0 Å². The summed E-state index contributed by atoms with van der Waals surface area (Å²) in [6, 6.07) is 6.58. The Morgan fingerprint density at radius 3 is 2.80 bits per heavy atom. The molecule has 0 unspecified atom stereocenters. The molecule has 0 radical (unpaired) electrons. The van der Waals surface area contributed by atoms with E-state index in [0.29, 0.717) is 11.3 Å². The monoisotopic (exact) mass is 288 g/mol. The first-order chi connectivity index (χ1) is 9.83. The molecular formula is C15H17ClN4. The number of aromatic nitrogens is 3. The molecule has 4 nitrogen and oxygen atoms in total. The van der Waals surface area contributed by atoms with Crippen LogP contribution in [0.4, 0.5) is 5.82 Å². The predicted octanol–water partition coefficient (Wildman–Crippen LogP) is 3.13. The van der Waals surface area contributed by atoms with Crippen molar-refractivity contribution in [2.45, 2.75) is 31.7 Å². The topological polar surface area (TPSA) is 41.9 Å². The van der Waals surface area contributed by atoms with Crippen molar-refractivity contribution >= 4 is 17.4 Å². The number of halogens is 1. The Balaban J connectivity index is 1.80. The molecule has 0 N–H and O–H groups in total. The van der Waals surface area contributed by atoms with Gasteiger partial charge in [0.25, 0.3) is 0 Å². The van der Waals surface area contributed by atoms with E-state index >= 15 is 0 Å². The van der Waals surface area contributed by atoms with Crippen molar-refractivity contribution in [3.63, 3.8) is 0 Å². The van der Waals surface area contributed by atoms with Crippen LogP contribution < -0.4 is 4.90 Å². The van der Waals surface area contributed by atoms with Gasteiger partial charge in [0.1, 0.15) is 5.82 Å². The van der Waals surface area contributed by atoms with E-state index in [0.717, 1.165) is 18.8 Å². The zero-order valence-corrected chi connectivity index (χ0v) is 12.0. The van der Waals surface area contributed by atoms with Gasteiger partial charge in [-0.2, -0.15) is 0 Å². The summed E-state index contributed by atoms with van der Waals surface area (Å²) in [6.45, 7) is 1.03. The lowest BCUT2D eigenvalue weighted by Gasteiger charge is -2.36. The number of nitrogens with zero attached hydrogens (tertiary/aromatic N) is 4. The van der Waals surface area contributed by atoms with Crippen molar-refractivity contribution in [1.82, 2.24) is 15.0 Å². The van der Waals surface area contributed by atoms with Crippen molar-refractivity contribution in [2.75, 3.05) is 11.4 Å². The molecule has 0 aromatic carbocycles. The fraction of sp³-hybridized carbons (Fsp3) is 0.400. The summed E-state index contributed by atoms with van der Waals surface area (Å²) in [6.07, 6.45) is 10.1. The molecular weight excluding hydrogens is 272 g/mol. The van der Waals surface area contributed by atoms with Gasteiger partial charge in [0.15, 0.2) is 0 Å². The van der Waals surface area contributed by atoms with Crippen LogP contribution >= 0.6 is 11.6 Å². The minimum Gasteiger partial charge on any atom is -0.353 e. The van der Waals surface area contributed by atoms with Gasteiger partial charge in [-0.1, -0.05) is 0 Å². The zero-order valence-electron chi connectivity index (χ0n) is 11.2. The quantitative estimate of drug-likeness (QED) is 0.814. The van der Waals surface area contributed by atoms with E-state index in [1.165, 1.54) is 24.8 Å². The first-order valence-corrected chi connectivity index (χ1v) is 7.35. The third-order valence-electron chi connectivity index (χ3n) is 3.75. The molecule has 0 aliphatic carbocycles. The molecule has 0 spiro atoms. The Bertz CT molecular complexity index is 561. The summed E-state index contributed by atoms with van der Waals surface area (Å²) in [5.41, 5.74) is 1.32. The SMILES string of the molecule is Clc1nccc(N2CCCC[C@H]2Cc2ccncc2)n1. The van der Waals surface area contributed by atoms with Gasteiger partial charge < -0.3 is 4.90 Å². The van der Waals surface area contributed by atoms with Gasteiger partial charge in [-0.3, -0.25) is 4.98 Å². The number of anilines is 1. The van der Waals surface area contributed by atoms with E-state index in [2.05, 4.69) is 32.0 Å². The molecule has 1 aliphatic rings. The van der Waals surface area contributed by atoms with Gasteiger partial charge in [0.2, 0.25) is 5.28 Å². The highest BCUT2D eigenvalue weighted by Gasteiger charge is 2.24. The van der Waals surface area contributed by atoms with Gasteiger partial charge in [0, 0.05) is 31.2 Å². The summed E-state index contributed by atoms with van der Waals surface area (Å²) in [5.74, 6) is 0.934. The van der Waals surface area contributed by atoms with Gasteiger partial charge in [-0.05, 0) is 61.0 Å². The predicted molar refractivity (Wildman–Crippen MR) is 80.0 cm³/mol. The van der Waals surface area contributed by atoms with Crippen LogP contribution in [0, 0.1) is 0 Å². The van der Waals surface area contributed by atoms with Crippen LogP contribution in [0.3, 0.4) is 0 Å². The Hall–Kier alpha value is -1.68. The summed E-state index contributed by atoms with van der Waals surface area (Å²) in [5, 5.41) is 0.315. The molecule has 0 amide bonds. The lowest BCUT2D eigenvalue weighted by Crippen LogP contribution is -2.41. The lowest BCUT2D eigenvalue weighted by molar-refractivity contribution is 0.453. The molecule has 1 atom stereocenters. The van der Waals surface area contributed by atoms with Crippen molar-refractivity contribution in [1.29, 1.82) is 0 Å². The molecule has 20 heavy (non-hydrogen) atoms. The maximum Gasteiger partial charge on any atom is 0.224 e. The van der Waals surface area contributed by atoms with Crippen LogP contribution in [0.2, 0.25) is 5.28 Å². The fourth-order valence-corrected chi connectivity index (χ4v) is 2.93. The van der Waals surface area contributed by atoms with Crippen molar-refractivity contribution in [3.05, 3.63) is 47.6 Å². The number of hydrogen-bond donors (Lipinski definition) is 0. The third-order valence-corrected chi connectivity index (χ3v) is 3.94. The van der Waals surface area contributed by atoms with Crippen molar-refractivity contribution in [2.24, 2.45) is 0 Å². The van der Waals surface area contributed by atoms with E-state index in [1.54, 1.807) is 6.20 Å². The minimum atomic E-state index is 0.315. The Morgan fingerprint density at radius 2 is 2.00 bits per heavy atom. The van der Waals surface area contributed by atoms with Crippen LogP contribution in [0.25, 0.3) is 0 Å². The first-order valence-electron chi connectivity index (χ1n) is 6.97. The van der Waals surface area contributed by atoms with Crippen molar-refractivity contribution in [3.8, 4) is 0 Å². The summed E-state index contributed by atoms with van der Waals surface area (Å²) in [7, 11) is 0. The fourth-order valence-electron chi connectivity index (χ4n) is 2.79. The van der Waals surface area contributed by atoms with Crippen LogP contribution in [-0.4, -0.2) is 27.5 Å². The van der Waals surface area contributed by atoms with E-state index in [1.807, 2.05) is 18.5 Å². The summed E-state index contributed by atoms with van der Waals surface area (Å²) < 4.78 is 0. The third kappa shape index (κ3) is 3.07. The van der Waals surface area contributed by atoms with Gasteiger partial charge >= 0.3 is 0 Å². The minimum absolute atomic E-state index is 0.315. The molecule has 3 heterocycles. The molecule has 3 rings (SSSR count). The standard InChI is InChI=1S/C15H17ClN4/c16-15-18-9-6-14(19-15)20-10-2-1-3-13(20)11-12-4-7-17-8-5-12/h4-9,13H,1-3,10-11H2/t13-/m0/s1. The second kappa shape index (κ2) is 6.18. The van der Waals surface area contributed by atoms with Gasteiger partial charge in [-0.15, -0.1) is 0 Å². The molecule has 1 fully saturated rings. The smallest absolute Gasteiger partial charge is 0.224 e. The number of hydrogen-bond acceptors (Lipinski definition) is 4. The van der Waals surface area contributed by atoms with E-state index < -0.39 is 0 Å². The Labute approximate surface area is 123 Å². The maximum atomic E-state index is 5.91. The second-order valence-electron chi connectivity index (χ2n) is 5.09. The van der Waals surface area contributed by atoms with E-state index in [4.69, 9.17) is 11.6 Å². The molecule has 1 saturated heterocycles. The lowest BCUT2D eigenvalue weighted by atomic mass is 9.96. The van der Waals surface area contributed by atoms with E-state index in [9.17, 15) is 0 Å². The van der Waals surface area contributed by atoms with E-state index in [-0.39, 0.29) is 0 Å². The zero-order chi connectivity index (χ0) is 13.8. The Morgan fingerprint density at radius 1 is 1.15 bits per heavy atom. The average molecular weight is 289 g/mol. The molecule has 104 valence electrons. The largest absolute Gasteiger partial charge is 0.353 e. The number of rotatable bonds is 3. The molecule has 2 aromatic heterocycles. The number of piperidine rings is 1. The number of pyridine rings is 1. The highest BCUT2D eigenvalue weighted by Crippen LogP contribution is 2.25. The molecule has 5 heteroatoms. The summed E-state index contributed by atoms with van der Waals surface area (Å²) >= 11 is 5.91. The molecule has 0 bridgehead atoms. The molecule has 1 aliphatic heterocycles. The van der Waals surface area contributed by atoms with Gasteiger partial charge in [-0.25, -0.2) is 9.97 Å². The average Bonchev–Trinajstić information content (AvgIpc) is 2.49. The first kappa shape index (κ1) is 13.3. The van der Waals surface area contributed by atoms with Crippen molar-refractivity contribution < 1.29 is 0 Å². The second-order valence-corrected chi connectivity index (χ2v) is 5.42. The van der Waals surface area contributed by atoms with Crippen LogP contribution in [-0.2, 0) is 6.42 Å². The Kier molecular flexibility index (Phi) is 4.11.